The number of rotatable bonds is 2. The molecule has 21 heavy (non-hydrogen) atoms. The number of halogens is 2. The molecule has 4 N–H and O–H groups in total. The lowest BCUT2D eigenvalue weighted by atomic mass is 10.2. The smallest absolute Gasteiger partial charge is 0.272 e. The van der Waals surface area contributed by atoms with Gasteiger partial charge in [-0.15, -0.1) is 0 Å². The number of carbonyl (C=O) groups is 1. The number of nitrogens with one attached hydrogen (secondary N) is 2. The lowest BCUT2D eigenvalue weighted by Gasteiger charge is -2.07. The molecule has 0 aliphatic heterocycles. The van der Waals surface area contributed by atoms with Crippen molar-refractivity contribution in [2.24, 2.45) is 0 Å². The van der Waals surface area contributed by atoms with Crippen molar-refractivity contribution in [3.05, 3.63) is 58.2 Å². The molecule has 106 valence electrons. The number of aromatic amines is 1. The molecule has 3 rings (SSSR count). The Morgan fingerprint density at radius 2 is 1.81 bits per heavy atom. The van der Waals surface area contributed by atoms with Gasteiger partial charge in [0.05, 0.1) is 15.7 Å². The summed E-state index contributed by atoms with van der Waals surface area (Å²) in [6.07, 6.45) is 0. The Hall–Kier alpha value is -2.17. The molecule has 0 atom stereocenters. The Labute approximate surface area is 130 Å². The molecule has 0 saturated carbocycles. The fourth-order valence-electron chi connectivity index (χ4n) is 2.07. The SMILES string of the molecule is Nc1ccc2[nH]c(C(=O)Nc3c(Cl)cccc3Cl)cc2c1. The van der Waals surface area contributed by atoms with E-state index >= 15 is 0 Å². The average Bonchev–Trinajstić information content (AvgIpc) is 2.86. The number of aromatic nitrogens is 1. The molecule has 0 fully saturated rings. The first-order chi connectivity index (χ1) is 10.0. The summed E-state index contributed by atoms with van der Waals surface area (Å²) in [5, 5.41) is 4.34. The van der Waals surface area contributed by atoms with Crippen molar-refractivity contribution in [3.8, 4) is 0 Å². The summed E-state index contributed by atoms with van der Waals surface area (Å²) in [6.45, 7) is 0. The summed E-state index contributed by atoms with van der Waals surface area (Å²) in [6, 6.07) is 12.2. The van der Waals surface area contributed by atoms with Crippen LogP contribution in [0.2, 0.25) is 10.0 Å². The van der Waals surface area contributed by atoms with E-state index in [1.54, 1.807) is 36.4 Å². The second-order valence-corrected chi connectivity index (χ2v) is 5.39. The van der Waals surface area contributed by atoms with Crippen LogP contribution in [0.5, 0.6) is 0 Å². The third kappa shape index (κ3) is 2.68. The number of benzene rings is 2. The van der Waals surface area contributed by atoms with E-state index in [4.69, 9.17) is 28.9 Å². The third-order valence-electron chi connectivity index (χ3n) is 3.09. The molecule has 1 amide bonds. The average molecular weight is 320 g/mol. The predicted molar refractivity (Wildman–Crippen MR) is 87.1 cm³/mol. The molecule has 1 aromatic heterocycles. The normalized spacial score (nSPS) is 10.8. The van der Waals surface area contributed by atoms with E-state index < -0.39 is 0 Å². The number of H-pyrrole nitrogens is 1. The zero-order valence-corrected chi connectivity index (χ0v) is 12.3. The highest BCUT2D eigenvalue weighted by molar-refractivity contribution is 6.40. The summed E-state index contributed by atoms with van der Waals surface area (Å²) < 4.78 is 0. The number of hydrogen-bond donors (Lipinski definition) is 3. The summed E-state index contributed by atoms with van der Waals surface area (Å²) in [5.74, 6) is -0.320. The monoisotopic (exact) mass is 319 g/mol. The van der Waals surface area contributed by atoms with Gasteiger partial charge in [0, 0.05) is 16.6 Å². The summed E-state index contributed by atoms with van der Waals surface area (Å²) in [7, 11) is 0. The number of amides is 1. The minimum absolute atomic E-state index is 0.320. The first-order valence-corrected chi connectivity index (χ1v) is 6.94. The van der Waals surface area contributed by atoms with Crippen LogP contribution in [-0.2, 0) is 0 Å². The van der Waals surface area contributed by atoms with Gasteiger partial charge in [-0.05, 0) is 36.4 Å². The van der Waals surface area contributed by atoms with Gasteiger partial charge in [-0.1, -0.05) is 29.3 Å². The zero-order chi connectivity index (χ0) is 15.0. The van der Waals surface area contributed by atoms with Crippen LogP contribution in [0, 0.1) is 0 Å². The van der Waals surface area contributed by atoms with Crippen molar-refractivity contribution in [2.75, 3.05) is 11.1 Å². The van der Waals surface area contributed by atoms with Crippen molar-refractivity contribution in [3.63, 3.8) is 0 Å². The van der Waals surface area contributed by atoms with Crippen molar-refractivity contribution < 1.29 is 4.79 Å². The number of carbonyl (C=O) groups excluding carboxylic acids is 1. The van der Waals surface area contributed by atoms with Crippen molar-refractivity contribution in [1.82, 2.24) is 4.98 Å². The summed E-state index contributed by atoms with van der Waals surface area (Å²) in [4.78, 5) is 15.3. The van der Waals surface area contributed by atoms with Crippen LogP contribution in [0.1, 0.15) is 10.5 Å². The first kappa shape index (κ1) is 13.8. The van der Waals surface area contributed by atoms with Gasteiger partial charge in [-0.2, -0.15) is 0 Å². The molecular formula is C15H11Cl2N3O. The molecule has 2 aromatic carbocycles. The van der Waals surface area contributed by atoms with E-state index in [0.717, 1.165) is 10.9 Å². The second-order valence-electron chi connectivity index (χ2n) is 4.58. The molecule has 0 bridgehead atoms. The molecule has 3 aromatic rings. The Balaban J connectivity index is 1.94. The van der Waals surface area contributed by atoms with Gasteiger partial charge < -0.3 is 16.0 Å². The molecule has 1 heterocycles. The Morgan fingerprint density at radius 3 is 2.52 bits per heavy atom. The molecular weight excluding hydrogens is 309 g/mol. The van der Waals surface area contributed by atoms with Gasteiger partial charge in [-0.25, -0.2) is 0 Å². The lowest BCUT2D eigenvalue weighted by molar-refractivity contribution is 0.102. The molecule has 0 spiro atoms. The molecule has 0 aliphatic rings. The van der Waals surface area contributed by atoms with E-state index in [9.17, 15) is 4.79 Å². The van der Waals surface area contributed by atoms with Crippen LogP contribution >= 0.6 is 23.2 Å². The quantitative estimate of drug-likeness (QED) is 0.616. The van der Waals surface area contributed by atoms with Gasteiger partial charge in [0.25, 0.3) is 5.91 Å². The first-order valence-electron chi connectivity index (χ1n) is 6.18. The fourth-order valence-corrected chi connectivity index (χ4v) is 2.56. The van der Waals surface area contributed by atoms with Crippen molar-refractivity contribution in [2.45, 2.75) is 0 Å². The molecule has 0 aliphatic carbocycles. The third-order valence-corrected chi connectivity index (χ3v) is 3.72. The maximum atomic E-state index is 12.3. The Kier molecular flexibility index (Phi) is 3.49. The van der Waals surface area contributed by atoms with Gasteiger partial charge in [0.2, 0.25) is 0 Å². The van der Waals surface area contributed by atoms with Crippen LogP contribution in [0.25, 0.3) is 10.9 Å². The van der Waals surface area contributed by atoms with E-state index in [-0.39, 0.29) is 5.91 Å². The number of anilines is 2. The van der Waals surface area contributed by atoms with Crippen LogP contribution in [-0.4, -0.2) is 10.9 Å². The number of fused-ring (bicyclic) bond motifs is 1. The second kappa shape index (κ2) is 5.31. The van der Waals surface area contributed by atoms with Crippen LogP contribution < -0.4 is 11.1 Å². The van der Waals surface area contributed by atoms with E-state index in [1.807, 2.05) is 6.07 Å². The zero-order valence-electron chi connectivity index (χ0n) is 10.8. The van der Waals surface area contributed by atoms with Gasteiger partial charge in [0.15, 0.2) is 0 Å². The largest absolute Gasteiger partial charge is 0.399 e. The number of hydrogen-bond acceptors (Lipinski definition) is 2. The van der Waals surface area contributed by atoms with E-state index in [0.29, 0.717) is 27.1 Å². The molecule has 6 heteroatoms. The van der Waals surface area contributed by atoms with Crippen molar-refractivity contribution >= 4 is 51.4 Å². The summed E-state index contributed by atoms with van der Waals surface area (Å²) >= 11 is 12.1. The highest BCUT2D eigenvalue weighted by Crippen LogP contribution is 2.30. The highest BCUT2D eigenvalue weighted by atomic mass is 35.5. The lowest BCUT2D eigenvalue weighted by Crippen LogP contribution is -2.12. The van der Waals surface area contributed by atoms with E-state index in [2.05, 4.69) is 10.3 Å². The predicted octanol–water partition coefficient (Wildman–Crippen LogP) is 4.31. The maximum absolute atomic E-state index is 12.3. The standard InChI is InChI=1S/C15H11Cl2N3O/c16-10-2-1-3-11(17)14(10)20-15(21)13-7-8-6-9(18)4-5-12(8)19-13/h1-7,19H,18H2,(H,20,21). The number of nitrogen functional groups attached to an aromatic ring is 1. The van der Waals surface area contributed by atoms with Crippen LogP contribution in [0.4, 0.5) is 11.4 Å². The minimum atomic E-state index is -0.320. The molecule has 0 saturated heterocycles. The molecule has 0 unspecified atom stereocenters. The number of para-hydroxylation sites is 1. The molecule has 4 nitrogen and oxygen atoms in total. The Morgan fingerprint density at radius 1 is 1.10 bits per heavy atom. The maximum Gasteiger partial charge on any atom is 0.272 e. The Bertz CT molecular complexity index is 822. The minimum Gasteiger partial charge on any atom is -0.399 e. The van der Waals surface area contributed by atoms with E-state index in [1.165, 1.54) is 0 Å². The molecule has 0 radical (unpaired) electrons. The van der Waals surface area contributed by atoms with Gasteiger partial charge in [-0.3, -0.25) is 4.79 Å². The fraction of sp³-hybridized carbons (Fsp3) is 0. The topological polar surface area (TPSA) is 70.9 Å². The highest BCUT2D eigenvalue weighted by Gasteiger charge is 2.13. The summed E-state index contributed by atoms with van der Waals surface area (Å²) in [5.41, 5.74) is 8.00. The number of nitrogens with two attached hydrogens (primary N) is 1. The van der Waals surface area contributed by atoms with Crippen LogP contribution in [0.3, 0.4) is 0 Å². The van der Waals surface area contributed by atoms with Gasteiger partial charge >= 0.3 is 0 Å². The van der Waals surface area contributed by atoms with Crippen LogP contribution in [0.15, 0.2) is 42.5 Å². The van der Waals surface area contributed by atoms with Crippen molar-refractivity contribution in [1.29, 1.82) is 0 Å². The van der Waals surface area contributed by atoms with Gasteiger partial charge in [0.1, 0.15) is 5.69 Å².